The Kier molecular flexibility index (Phi) is 5.72. The van der Waals surface area contributed by atoms with Crippen LogP contribution in [0.25, 0.3) is 5.69 Å². The number of thioether (sulfide) groups is 2. The van der Waals surface area contributed by atoms with Crippen molar-refractivity contribution in [3.63, 3.8) is 0 Å². The number of ether oxygens (including phenoxy) is 1. The molecule has 0 amide bonds. The van der Waals surface area contributed by atoms with Crippen molar-refractivity contribution in [2.45, 2.75) is 47.7 Å². The highest BCUT2D eigenvalue weighted by Crippen LogP contribution is 2.35. The molecule has 0 saturated carbocycles. The Balaban J connectivity index is 2.08. The van der Waals surface area contributed by atoms with Crippen LogP contribution in [0.3, 0.4) is 0 Å². The fourth-order valence-electron chi connectivity index (χ4n) is 2.66. The van der Waals surface area contributed by atoms with Gasteiger partial charge in [0.15, 0.2) is 5.16 Å². The average molecular weight is 394 g/mol. The molecule has 2 unspecified atom stereocenters. The Labute approximate surface area is 159 Å². The van der Waals surface area contributed by atoms with Gasteiger partial charge in [-0.1, -0.05) is 18.7 Å². The van der Waals surface area contributed by atoms with Gasteiger partial charge in [0.05, 0.1) is 22.9 Å². The lowest BCUT2D eigenvalue weighted by Crippen LogP contribution is -2.26. The van der Waals surface area contributed by atoms with Crippen molar-refractivity contribution in [1.82, 2.24) is 9.55 Å². The first-order chi connectivity index (χ1) is 12.4. The first-order valence-electron chi connectivity index (χ1n) is 8.32. The van der Waals surface area contributed by atoms with Crippen LogP contribution in [0.1, 0.15) is 26.5 Å². The molecule has 0 bridgehead atoms. The Bertz CT molecular complexity index is 883. The highest BCUT2D eigenvalue weighted by Gasteiger charge is 2.28. The number of aromatic nitrogens is 2. The minimum Gasteiger partial charge on any atom is -0.465 e. The SMILES string of the molecule is CCOC(=O)C(C)Sc1nc2c(c(=O)n1-c1ccc(F)cc1)SC(C)C2. The molecule has 0 N–H and O–H groups in total. The molecule has 1 aliphatic rings. The van der Waals surface area contributed by atoms with Crippen molar-refractivity contribution in [3.05, 3.63) is 46.1 Å². The number of rotatable bonds is 5. The van der Waals surface area contributed by atoms with Gasteiger partial charge in [0, 0.05) is 11.7 Å². The summed E-state index contributed by atoms with van der Waals surface area (Å²) < 4.78 is 19.8. The van der Waals surface area contributed by atoms with E-state index in [1.165, 1.54) is 52.4 Å². The molecule has 138 valence electrons. The molecule has 26 heavy (non-hydrogen) atoms. The number of hydrogen-bond donors (Lipinski definition) is 0. The van der Waals surface area contributed by atoms with Crippen molar-refractivity contribution in [1.29, 1.82) is 0 Å². The van der Waals surface area contributed by atoms with Crippen LogP contribution in [0, 0.1) is 5.82 Å². The van der Waals surface area contributed by atoms with E-state index in [0.29, 0.717) is 28.8 Å². The first-order valence-corrected chi connectivity index (χ1v) is 10.1. The predicted octanol–water partition coefficient (Wildman–Crippen LogP) is 3.45. The molecule has 0 saturated heterocycles. The van der Waals surface area contributed by atoms with Gasteiger partial charge in [-0.05, 0) is 38.1 Å². The predicted molar refractivity (Wildman–Crippen MR) is 101 cm³/mol. The molecule has 1 aromatic heterocycles. The van der Waals surface area contributed by atoms with Crippen molar-refractivity contribution >= 4 is 29.5 Å². The molecule has 0 radical (unpaired) electrons. The number of benzene rings is 1. The third-order valence-electron chi connectivity index (χ3n) is 3.87. The van der Waals surface area contributed by atoms with Crippen molar-refractivity contribution in [2.24, 2.45) is 0 Å². The molecule has 0 aliphatic carbocycles. The minimum absolute atomic E-state index is 0.186. The molecule has 5 nitrogen and oxygen atoms in total. The van der Waals surface area contributed by atoms with Gasteiger partial charge in [-0.2, -0.15) is 0 Å². The maximum absolute atomic E-state index is 13.3. The van der Waals surface area contributed by atoms with Gasteiger partial charge >= 0.3 is 5.97 Å². The number of esters is 1. The Morgan fingerprint density at radius 2 is 2.15 bits per heavy atom. The third kappa shape index (κ3) is 3.81. The normalized spacial score (nSPS) is 17.0. The van der Waals surface area contributed by atoms with E-state index in [1.807, 2.05) is 6.92 Å². The van der Waals surface area contributed by atoms with Gasteiger partial charge in [-0.25, -0.2) is 9.37 Å². The zero-order valence-corrected chi connectivity index (χ0v) is 16.3. The summed E-state index contributed by atoms with van der Waals surface area (Å²) in [5.74, 6) is -0.742. The lowest BCUT2D eigenvalue weighted by molar-refractivity contribution is -0.142. The quantitative estimate of drug-likeness (QED) is 0.440. The molecule has 2 aromatic rings. The summed E-state index contributed by atoms with van der Waals surface area (Å²) in [6.07, 6.45) is 0.709. The van der Waals surface area contributed by atoms with Crippen LogP contribution >= 0.6 is 23.5 Å². The molecule has 1 aromatic carbocycles. The fourth-order valence-corrected chi connectivity index (χ4v) is 4.70. The number of carbonyl (C=O) groups excluding carboxylic acids is 1. The fraction of sp³-hybridized carbons (Fsp3) is 0.389. The van der Waals surface area contributed by atoms with Crippen LogP contribution in [0.2, 0.25) is 0 Å². The Morgan fingerprint density at radius 1 is 1.46 bits per heavy atom. The summed E-state index contributed by atoms with van der Waals surface area (Å²) in [6, 6.07) is 5.67. The van der Waals surface area contributed by atoms with E-state index in [4.69, 9.17) is 4.74 Å². The minimum atomic E-state index is -0.516. The van der Waals surface area contributed by atoms with Gasteiger partial charge in [-0.3, -0.25) is 14.2 Å². The summed E-state index contributed by atoms with van der Waals surface area (Å²) >= 11 is 2.67. The molecule has 8 heteroatoms. The van der Waals surface area contributed by atoms with Gasteiger partial charge in [-0.15, -0.1) is 11.8 Å². The van der Waals surface area contributed by atoms with E-state index in [9.17, 15) is 14.0 Å². The smallest absolute Gasteiger partial charge is 0.319 e. The van der Waals surface area contributed by atoms with Crippen LogP contribution in [0.4, 0.5) is 4.39 Å². The first kappa shape index (κ1) is 19.0. The molecule has 0 spiro atoms. The zero-order valence-electron chi connectivity index (χ0n) is 14.7. The average Bonchev–Trinajstić information content (AvgIpc) is 2.97. The largest absolute Gasteiger partial charge is 0.465 e. The monoisotopic (exact) mass is 394 g/mol. The van der Waals surface area contributed by atoms with Crippen LogP contribution in [-0.4, -0.2) is 32.6 Å². The highest BCUT2D eigenvalue weighted by molar-refractivity contribution is 8.00. The topological polar surface area (TPSA) is 61.2 Å². The van der Waals surface area contributed by atoms with E-state index in [0.717, 1.165) is 5.69 Å². The van der Waals surface area contributed by atoms with Crippen LogP contribution in [-0.2, 0) is 16.0 Å². The molecule has 1 aliphatic heterocycles. The summed E-state index contributed by atoms with van der Waals surface area (Å²) in [5.41, 5.74) is 1.09. The Morgan fingerprint density at radius 3 is 2.81 bits per heavy atom. The second kappa shape index (κ2) is 7.84. The maximum Gasteiger partial charge on any atom is 0.319 e. The summed E-state index contributed by atoms with van der Waals surface area (Å²) in [6.45, 7) is 5.80. The van der Waals surface area contributed by atoms with Gasteiger partial charge in [0.2, 0.25) is 0 Å². The van der Waals surface area contributed by atoms with Gasteiger partial charge in [0.25, 0.3) is 5.56 Å². The molecular weight excluding hydrogens is 375 g/mol. The molecule has 2 heterocycles. The number of fused-ring (bicyclic) bond motifs is 1. The maximum atomic E-state index is 13.3. The van der Waals surface area contributed by atoms with Gasteiger partial charge in [0.1, 0.15) is 11.1 Å². The molecule has 2 atom stereocenters. The van der Waals surface area contributed by atoms with Crippen molar-refractivity contribution < 1.29 is 13.9 Å². The number of halogens is 1. The standard InChI is InChI=1S/C18H19FN2O3S2/c1-4-24-17(23)11(3)26-18-20-14-9-10(2)25-15(14)16(22)21(18)13-7-5-12(19)6-8-13/h5-8,10-11H,4,9H2,1-3H3. The highest BCUT2D eigenvalue weighted by atomic mass is 32.2. The summed E-state index contributed by atoms with van der Waals surface area (Å²) in [5, 5.41) is 0.170. The van der Waals surface area contributed by atoms with Crippen LogP contribution in [0.15, 0.2) is 39.1 Å². The van der Waals surface area contributed by atoms with Crippen LogP contribution in [0.5, 0.6) is 0 Å². The summed E-state index contributed by atoms with van der Waals surface area (Å²) in [4.78, 5) is 30.3. The summed E-state index contributed by atoms with van der Waals surface area (Å²) in [7, 11) is 0. The van der Waals surface area contributed by atoms with Crippen molar-refractivity contribution in [3.8, 4) is 5.69 Å². The number of hydrogen-bond acceptors (Lipinski definition) is 6. The number of nitrogens with zero attached hydrogens (tertiary/aromatic N) is 2. The lowest BCUT2D eigenvalue weighted by atomic mass is 10.2. The molecular formula is C18H19FN2O3S2. The molecule has 0 fully saturated rings. The van der Waals surface area contributed by atoms with Crippen LogP contribution < -0.4 is 5.56 Å². The van der Waals surface area contributed by atoms with E-state index in [-0.39, 0.29) is 22.6 Å². The van der Waals surface area contributed by atoms with Crippen molar-refractivity contribution in [2.75, 3.05) is 6.61 Å². The lowest BCUT2D eigenvalue weighted by Gasteiger charge is -2.16. The Hall–Kier alpha value is -1.80. The second-order valence-corrected chi connectivity index (χ2v) is 8.69. The van der Waals surface area contributed by atoms with Gasteiger partial charge < -0.3 is 4.74 Å². The number of carbonyl (C=O) groups is 1. The second-order valence-electron chi connectivity index (χ2n) is 5.93. The van der Waals surface area contributed by atoms with E-state index >= 15 is 0 Å². The van der Waals surface area contributed by atoms with E-state index < -0.39 is 5.25 Å². The molecule has 3 rings (SSSR count). The zero-order chi connectivity index (χ0) is 18.8. The van der Waals surface area contributed by atoms with E-state index in [1.54, 1.807) is 13.8 Å². The van der Waals surface area contributed by atoms with E-state index in [2.05, 4.69) is 4.98 Å². The third-order valence-corrected chi connectivity index (χ3v) is 6.11.